The molecule has 1 atom stereocenters. The number of nitrogens with two attached hydrogens (primary N) is 1. The molecule has 0 aliphatic rings. The van der Waals surface area contributed by atoms with Crippen molar-refractivity contribution < 1.29 is 9.26 Å². The zero-order valence-electron chi connectivity index (χ0n) is 12.2. The summed E-state index contributed by atoms with van der Waals surface area (Å²) in [5.74, 6) is 1.99. The van der Waals surface area contributed by atoms with Gasteiger partial charge in [-0.3, -0.25) is 0 Å². The van der Waals surface area contributed by atoms with E-state index in [9.17, 15) is 0 Å². The van der Waals surface area contributed by atoms with Crippen molar-refractivity contribution in [3.8, 4) is 5.75 Å². The minimum atomic E-state index is -0.0797. The van der Waals surface area contributed by atoms with Crippen LogP contribution in [0.5, 0.6) is 5.75 Å². The summed E-state index contributed by atoms with van der Waals surface area (Å²) in [5, 5.41) is 3.90. The van der Waals surface area contributed by atoms with E-state index in [1.165, 1.54) is 0 Å². The van der Waals surface area contributed by atoms with E-state index in [-0.39, 0.29) is 12.6 Å². The summed E-state index contributed by atoms with van der Waals surface area (Å²) in [5.41, 5.74) is 8.05. The Morgan fingerprint density at radius 3 is 2.90 bits per heavy atom. The Morgan fingerprint density at radius 1 is 1.40 bits per heavy atom. The number of ether oxygens (including phenoxy) is 1. The van der Waals surface area contributed by atoms with Gasteiger partial charge in [0, 0.05) is 18.0 Å². The van der Waals surface area contributed by atoms with Crippen molar-refractivity contribution in [3.05, 3.63) is 41.0 Å². The molecule has 2 N–H and O–H groups in total. The largest absolute Gasteiger partial charge is 0.483 e. The fraction of sp³-hybridized carbons (Fsp3) is 0.467. The van der Waals surface area contributed by atoms with Crippen molar-refractivity contribution in [2.75, 3.05) is 0 Å². The van der Waals surface area contributed by atoms with E-state index >= 15 is 0 Å². The lowest BCUT2D eigenvalue weighted by atomic mass is 10.1. The van der Waals surface area contributed by atoms with Crippen molar-refractivity contribution in [2.24, 2.45) is 5.73 Å². The average Bonchev–Trinajstić information content (AvgIpc) is 2.84. The molecule has 20 heavy (non-hydrogen) atoms. The van der Waals surface area contributed by atoms with Gasteiger partial charge < -0.3 is 15.0 Å². The maximum atomic E-state index is 5.95. The van der Waals surface area contributed by atoms with Crippen LogP contribution >= 0.6 is 0 Å². The Morgan fingerprint density at radius 2 is 2.20 bits per heavy atom. The van der Waals surface area contributed by atoms with Gasteiger partial charge in [0.25, 0.3) is 5.89 Å². The molecule has 0 aliphatic heterocycles. The van der Waals surface area contributed by atoms with Gasteiger partial charge in [0.1, 0.15) is 5.75 Å². The van der Waals surface area contributed by atoms with Crippen LogP contribution in [0, 0.1) is 6.92 Å². The molecule has 5 heteroatoms. The van der Waals surface area contributed by atoms with Gasteiger partial charge in [-0.25, -0.2) is 0 Å². The molecule has 0 spiro atoms. The SMILES string of the molecule is CCCc1noc(COc2cc(C)ccc2C(C)N)n1. The fourth-order valence-electron chi connectivity index (χ4n) is 1.96. The maximum Gasteiger partial charge on any atom is 0.264 e. The standard InChI is InChI=1S/C15H21N3O2/c1-4-5-14-17-15(20-18-14)9-19-13-8-10(2)6-7-12(13)11(3)16/h6-8,11H,4-5,9,16H2,1-3H3. The Balaban J connectivity index is 2.07. The van der Waals surface area contributed by atoms with E-state index in [1.54, 1.807) is 0 Å². The van der Waals surface area contributed by atoms with Gasteiger partial charge in [0.15, 0.2) is 12.4 Å². The monoisotopic (exact) mass is 275 g/mol. The third kappa shape index (κ3) is 3.57. The van der Waals surface area contributed by atoms with E-state index in [0.717, 1.165) is 35.5 Å². The normalized spacial score (nSPS) is 12.4. The summed E-state index contributed by atoms with van der Waals surface area (Å²) in [6.07, 6.45) is 1.81. The van der Waals surface area contributed by atoms with Crippen LogP contribution in [0.15, 0.2) is 22.7 Å². The molecule has 0 saturated carbocycles. The zero-order chi connectivity index (χ0) is 14.5. The molecule has 2 aromatic rings. The second-order valence-electron chi connectivity index (χ2n) is 4.97. The second-order valence-corrected chi connectivity index (χ2v) is 4.97. The Hall–Kier alpha value is -1.88. The Kier molecular flexibility index (Phi) is 4.74. The first kappa shape index (κ1) is 14.5. The van der Waals surface area contributed by atoms with Gasteiger partial charge in [-0.2, -0.15) is 4.98 Å². The molecule has 0 amide bonds. The van der Waals surface area contributed by atoms with Crippen molar-refractivity contribution in [1.29, 1.82) is 0 Å². The van der Waals surface area contributed by atoms with Gasteiger partial charge in [-0.1, -0.05) is 24.2 Å². The first-order valence-electron chi connectivity index (χ1n) is 6.90. The summed E-state index contributed by atoms with van der Waals surface area (Å²) in [4.78, 5) is 4.28. The van der Waals surface area contributed by atoms with Gasteiger partial charge in [-0.15, -0.1) is 0 Å². The topological polar surface area (TPSA) is 74.2 Å². The minimum Gasteiger partial charge on any atom is -0.483 e. The van der Waals surface area contributed by atoms with Crippen LogP contribution in [0.4, 0.5) is 0 Å². The maximum absolute atomic E-state index is 5.95. The third-order valence-corrected chi connectivity index (χ3v) is 2.99. The number of aryl methyl sites for hydroxylation is 2. The smallest absolute Gasteiger partial charge is 0.264 e. The molecule has 2 rings (SSSR count). The van der Waals surface area contributed by atoms with Crippen molar-refractivity contribution in [3.63, 3.8) is 0 Å². The second kappa shape index (κ2) is 6.52. The number of hydrogen-bond acceptors (Lipinski definition) is 5. The predicted octanol–water partition coefficient (Wildman–Crippen LogP) is 2.93. The fourth-order valence-corrected chi connectivity index (χ4v) is 1.96. The first-order valence-corrected chi connectivity index (χ1v) is 6.90. The van der Waals surface area contributed by atoms with E-state index in [1.807, 2.05) is 32.0 Å². The van der Waals surface area contributed by atoms with Crippen molar-refractivity contribution in [2.45, 2.75) is 46.3 Å². The van der Waals surface area contributed by atoms with Crippen LogP contribution in [0.2, 0.25) is 0 Å². The highest BCUT2D eigenvalue weighted by Crippen LogP contribution is 2.25. The number of aromatic nitrogens is 2. The lowest BCUT2D eigenvalue weighted by Gasteiger charge is -2.13. The zero-order valence-corrected chi connectivity index (χ0v) is 12.2. The summed E-state index contributed by atoms with van der Waals surface area (Å²) in [6.45, 7) is 6.29. The molecule has 0 bridgehead atoms. The Labute approximate surface area is 119 Å². The summed E-state index contributed by atoms with van der Waals surface area (Å²) in [6, 6.07) is 5.91. The summed E-state index contributed by atoms with van der Waals surface area (Å²) in [7, 11) is 0. The molecule has 0 aliphatic carbocycles. The molecule has 0 fully saturated rings. The molecule has 1 aromatic carbocycles. The first-order chi connectivity index (χ1) is 9.60. The van der Waals surface area contributed by atoms with Crippen LogP contribution in [0.3, 0.4) is 0 Å². The molecular weight excluding hydrogens is 254 g/mol. The quantitative estimate of drug-likeness (QED) is 0.877. The molecule has 0 saturated heterocycles. The molecule has 1 heterocycles. The average molecular weight is 275 g/mol. The number of benzene rings is 1. The summed E-state index contributed by atoms with van der Waals surface area (Å²) >= 11 is 0. The van der Waals surface area contributed by atoms with E-state index in [0.29, 0.717) is 5.89 Å². The van der Waals surface area contributed by atoms with Gasteiger partial charge in [-0.05, 0) is 31.9 Å². The van der Waals surface area contributed by atoms with Crippen molar-refractivity contribution in [1.82, 2.24) is 10.1 Å². The van der Waals surface area contributed by atoms with Crippen LogP contribution in [0.25, 0.3) is 0 Å². The van der Waals surface area contributed by atoms with E-state index in [4.69, 9.17) is 15.0 Å². The molecule has 0 radical (unpaired) electrons. The highest BCUT2D eigenvalue weighted by atomic mass is 16.5. The van der Waals surface area contributed by atoms with Crippen molar-refractivity contribution >= 4 is 0 Å². The molecule has 108 valence electrons. The lowest BCUT2D eigenvalue weighted by molar-refractivity contribution is 0.240. The molecular formula is C15H21N3O2. The van der Waals surface area contributed by atoms with Crippen LogP contribution in [-0.4, -0.2) is 10.1 Å². The van der Waals surface area contributed by atoms with E-state index < -0.39 is 0 Å². The van der Waals surface area contributed by atoms with Crippen LogP contribution in [0.1, 0.15) is 49.2 Å². The summed E-state index contributed by atoms with van der Waals surface area (Å²) < 4.78 is 10.9. The minimum absolute atomic E-state index is 0.0797. The molecule has 1 aromatic heterocycles. The predicted molar refractivity (Wildman–Crippen MR) is 76.4 cm³/mol. The lowest BCUT2D eigenvalue weighted by Crippen LogP contribution is -2.08. The van der Waals surface area contributed by atoms with Gasteiger partial charge in [0.05, 0.1) is 0 Å². The van der Waals surface area contributed by atoms with Gasteiger partial charge >= 0.3 is 0 Å². The van der Waals surface area contributed by atoms with Gasteiger partial charge in [0.2, 0.25) is 0 Å². The highest BCUT2D eigenvalue weighted by Gasteiger charge is 2.11. The third-order valence-electron chi connectivity index (χ3n) is 2.99. The Bertz CT molecular complexity index is 564. The van der Waals surface area contributed by atoms with E-state index in [2.05, 4.69) is 17.1 Å². The van der Waals surface area contributed by atoms with Crippen LogP contribution < -0.4 is 10.5 Å². The van der Waals surface area contributed by atoms with Crippen LogP contribution in [-0.2, 0) is 13.0 Å². The number of nitrogens with zero attached hydrogens (tertiary/aromatic N) is 2. The highest BCUT2D eigenvalue weighted by molar-refractivity contribution is 5.38. The molecule has 1 unspecified atom stereocenters. The number of hydrogen-bond donors (Lipinski definition) is 1. The number of rotatable bonds is 6. The molecule has 5 nitrogen and oxygen atoms in total.